The van der Waals surface area contributed by atoms with Gasteiger partial charge in [-0.2, -0.15) is 0 Å². The zero-order valence-corrected chi connectivity index (χ0v) is 13.0. The van der Waals surface area contributed by atoms with Crippen LogP contribution in [0.25, 0.3) is 5.57 Å². The van der Waals surface area contributed by atoms with Crippen LogP contribution in [0.3, 0.4) is 0 Å². The van der Waals surface area contributed by atoms with Crippen molar-refractivity contribution in [2.24, 2.45) is 0 Å². The molecule has 0 aromatic heterocycles. The molecule has 0 bridgehead atoms. The fourth-order valence-corrected chi connectivity index (χ4v) is 3.38. The molecular weight excluding hydrogens is 277 g/mol. The number of anilines is 2. The van der Waals surface area contributed by atoms with Gasteiger partial charge >= 0.3 is 0 Å². The number of nitrogens with one attached hydrogen (secondary N) is 1. The molecule has 2 fully saturated rings. The van der Waals surface area contributed by atoms with E-state index >= 15 is 0 Å². The minimum absolute atomic E-state index is 0.132. The van der Waals surface area contributed by atoms with Crippen molar-refractivity contribution in [3.05, 3.63) is 41.9 Å². The van der Waals surface area contributed by atoms with Crippen molar-refractivity contribution in [1.82, 2.24) is 5.32 Å². The van der Waals surface area contributed by atoms with Crippen LogP contribution in [-0.2, 0) is 0 Å². The predicted octanol–water partition coefficient (Wildman–Crippen LogP) is 3.13. The molecule has 0 unspecified atom stereocenters. The highest BCUT2D eigenvalue weighted by molar-refractivity contribution is 5.90. The highest BCUT2D eigenvalue weighted by atomic mass is 19.1. The molecule has 1 aromatic carbocycles. The van der Waals surface area contributed by atoms with E-state index in [-0.39, 0.29) is 5.82 Å². The van der Waals surface area contributed by atoms with Crippen LogP contribution in [0.2, 0.25) is 0 Å². The average Bonchev–Trinajstić information content (AvgIpc) is 3.36. The van der Waals surface area contributed by atoms with E-state index in [0.29, 0.717) is 6.04 Å². The van der Waals surface area contributed by atoms with Crippen LogP contribution in [0.4, 0.5) is 15.8 Å². The molecule has 1 N–H and O–H groups in total. The number of allylic oxidation sites excluding steroid dienone is 2. The predicted molar refractivity (Wildman–Crippen MR) is 89.8 cm³/mol. The van der Waals surface area contributed by atoms with Gasteiger partial charge in [-0.05, 0) is 43.0 Å². The molecule has 1 saturated heterocycles. The van der Waals surface area contributed by atoms with Crippen LogP contribution >= 0.6 is 0 Å². The van der Waals surface area contributed by atoms with E-state index in [2.05, 4.69) is 34.8 Å². The molecule has 3 aliphatic rings. The van der Waals surface area contributed by atoms with Crippen molar-refractivity contribution in [2.45, 2.75) is 25.8 Å². The monoisotopic (exact) mass is 299 g/mol. The number of piperazine rings is 1. The van der Waals surface area contributed by atoms with Gasteiger partial charge in [0.25, 0.3) is 0 Å². The quantitative estimate of drug-likeness (QED) is 0.905. The van der Waals surface area contributed by atoms with E-state index in [9.17, 15) is 4.39 Å². The number of hydrogen-bond donors (Lipinski definition) is 1. The third-order valence-electron chi connectivity index (χ3n) is 4.88. The Labute approximate surface area is 131 Å². The lowest BCUT2D eigenvalue weighted by atomic mass is 9.94. The molecule has 116 valence electrons. The first kappa shape index (κ1) is 13.8. The molecular formula is C18H22FN3. The third-order valence-corrected chi connectivity index (χ3v) is 4.88. The van der Waals surface area contributed by atoms with Crippen molar-refractivity contribution in [1.29, 1.82) is 0 Å². The number of rotatable bonds is 2. The van der Waals surface area contributed by atoms with E-state index in [1.807, 2.05) is 6.07 Å². The summed E-state index contributed by atoms with van der Waals surface area (Å²) in [6.07, 6.45) is 4.62. The smallest absolute Gasteiger partial charge is 0.147 e. The summed E-state index contributed by atoms with van der Waals surface area (Å²) in [5, 5.41) is 3.32. The molecule has 3 nitrogen and oxygen atoms in total. The molecule has 22 heavy (non-hydrogen) atoms. The van der Waals surface area contributed by atoms with Crippen molar-refractivity contribution in [2.75, 3.05) is 36.0 Å². The van der Waals surface area contributed by atoms with Crippen molar-refractivity contribution in [3.63, 3.8) is 0 Å². The summed E-state index contributed by atoms with van der Waals surface area (Å²) in [5.74, 6) is -0.132. The molecule has 4 rings (SSSR count). The highest BCUT2D eigenvalue weighted by Gasteiger charge is 2.33. The minimum atomic E-state index is -0.132. The summed E-state index contributed by atoms with van der Waals surface area (Å²) in [4.78, 5) is 4.47. The van der Waals surface area contributed by atoms with Gasteiger partial charge in [-0.15, -0.1) is 0 Å². The van der Waals surface area contributed by atoms with Gasteiger partial charge in [0, 0.05) is 44.0 Å². The maximum absolute atomic E-state index is 14.7. The second-order valence-corrected chi connectivity index (χ2v) is 6.49. The van der Waals surface area contributed by atoms with Gasteiger partial charge in [0.15, 0.2) is 0 Å². The van der Waals surface area contributed by atoms with Gasteiger partial charge in [-0.3, -0.25) is 0 Å². The van der Waals surface area contributed by atoms with Gasteiger partial charge in [0.1, 0.15) is 5.82 Å². The highest BCUT2D eigenvalue weighted by Crippen LogP contribution is 2.44. The normalized spacial score (nSPS) is 21.7. The maximum Gasteiger partial charge on any atom is 0.147 e. The fraction of sp³-hybridized carbons (Fsp3) is 0.444. The topological polar surface area (TPSA) is 18.5 Å². The number of nitrogens with zero attached hydrogens (tertiary/aromatic N) is 2. The Morgan fingerprint density at radius 3 is 2.59 bits per heavy atom. The van der Waals surface area contributed by atoms with E-state index < -0.39 is 0 Å². The van der Waals surface area contributed by atoms with Crippen LogP contribution in [0.1, 0.15) is 25.3 Å². The number of fused-ring (bicyclic) bond motifs is 1. The molecule has 4 heteroatoms. The van der Waals surface area contributed by atoms with Crippen molar-refractivity contribution < 1.29 is 4.39 Å². The van der Waals surface area contributed by atoms with Crippen LogP contribution in [0.5, 0.6) is 0 Å². The second kappa shape index (κ2) is 5.13. The Kier molecular flexibility index (Phi) is 3.22. The zero-order valence-electron chi connectivity index (χ0n) is 13.0. The molecule has 2 aliphatic heterocycles. The number of halogens is 1. The summed E-state index contributed by atoms with van der Waals surface area (Å²) in [7, 11) is 0. The fourth-order valence-electron chi connectivity index (χ4n) is 3.38. The van der Waals surface area contributed by atoms with E-state index in [4.69, 9.17) is 0 Å². The summed E-state index contributed by atoms with van der Waals surface area (Å²) < 4.78 is 14.7. The summed E-state index contributed by atoms with van der Waals surface area (Å²) in [5.41, 5.74) is 4.87. The molecule has 0 spiro atoms. The Morgan fingerprint density at radius 1 is 1.18 bits per heavy atom. The summed E-state index contributed by atoms with van der Waals surface area (Å²) in [6, 6.07) is 4.28. The van der Waals surface area contributed by atoms with Gasteiger partial charge in [0.05, 0.1) is 11.4 Å². The Hall–Kier alpha value is -1.81. The molecule has 1 aliphatic carbocycles. The largest absolute Gasteiger partial charge is 0.367 e. The second-order valence-electron chi connectivity index (χ2n) is 6.49. The van der Waals surface area contributed by atoms with Crippen LogP contribution in [-0.4, -0.2) is 32.2 Å². The number of hydrogen-bond acceptors (Lipinski definition) is 3. The van der Waals surface area contributed by atoms with Crippen LogP contribution in [0.15, 0.2) is 30.5 Å². The Balaban J connectivity index is 1.79. The van der Waals surface area contributed by atoms with Crippen molar-refractivity contribution >= 4 is 16.9 Å². The molecule has 1 aromatic rings. The van der Waals surface area contributed by atoms with Crippen LogP contribution < -0.4 is 15.1 Å². The van der Waals surface area contributed by atoms with Gasteiger partial charge in [0.2, 0.25) is 0 Å². The Morgan fingerprint density at radius 2 is 1.91 bits per heavy atom. The van der Waals surface area contributed by atoms with Gasteiger partial charge in [-0.25, -0.2) is 4.39 Å². The van der Waals surface area contributed by atoms with E-state index in [1.54, 1.807) is 6.07 Å². The molecule has 0 radical (unpaired) electrons. The minimum Gasteiger partial charge on any atom is -0.367 e. The Bertz CT molecular complexity index is 655. The van der Waals surface area contributed by atoms with E-state index in [0.717, 1.165) is 54.3 Å². The molecule has 2 heterocycles. The zero-order chi connectivity index (χ0) is 15.3. The summed E-state index contributed by atoms with van der Waals surface area (Å²) >= 11 is 0. The first-order chi connectivity index (χ1) is 10.6. The first-order valence-corrected chi connectivity index (χ1v) is 8.11. The first-order valence-electron chi connectivity index (χ1n) is 8.11. The standard InChI is InChI=1S/C18H22FN3/c1-12-11-22(14-3-4-14)17-10-18(21-7-5-20-6-8-21)16(19)9-15(17)13(12)2/h9-11,14,20H,2-8H2,1H3. The van der Waals surface area contributed by atoms with Gasteiger partial charge < -0.3 is 15.1 Å². The lowest BCUT2D eigenvalue weighted by Gasteiger charge is -2.34. The van der Waals surface area contributed by atoms with Crippen molar-refractivity contribution in [3.8, 4) is 0 Å². The molecule has 0 amide bonds. The lowest BCUT2D eigenvalue weighted by molar-refractivity contribution is 0.566. The average molecular weight is 299 g/mol. The van der Waals surface area contributed by atoms with Crippen LogP contribution in [0, 0.1) is 5.82 Å². The molecule has 1 saturated carbocycles. The maximum atomic E-state index is 14.7. The SMILES string of the molecule is C=C1C(C)=CN(C2CC2)c2cc(N3CCNCC3)c(F)cc21. The van der Waals surface area contributed by atoms with Gasteiger partial charge in [-0.1, -0.05) is 6.58 Å². The third kappa shape index (κ3) is 2.22. The molecule has 0 atom stereocenters. The summed E-state index contributed by atoms with van der Waals surface area (Å²) in [6.45, 7) is 9.74. The van der Waals surface area contributed by atoms with E-state index in [1.165, 1.54) is 12.8 Å². The lowest BCUT2D eigenvalue weighted by Crippen LogP contribution is -2.44. The number of benzene rings is 1.